The first kappa shape index (κ1) is 13.0. The number of nitrogens with zero attached hydrogens (tertiary/aromatic N) is 2. The average molecular weight is 196 g/mol. The van der Waals surface area contributed by atoms with E-state index in [0.717, 1.165) is 6.42 Å². The third-order valence-corrected chi connectivity index (χ3v) is 1.79. The molecule has 0 N–H and O–H groups in total. The maximum Gasteiger partial charge on any atom is 0.223 e. The van der Waals surface area contributed by atoms with E-state index in [1.54, 1.807) is 4.90 Å². The molecule has 3 nitrogen and oxygen atoms in total. The number of hydrogen-bond donors (Lipinski definition) is 0. The minimum Gasteiger partial charge on any atom is -0.329 e. The van der Waals surface area contributed by atoms with Crippen molar-refractivity contribution in [3.8, 4) is 6.07 Å². The Morgan fingerprint density at radius 1 is 1.43 bits per heavy atom. The lowest BCUT2D eigenvalue weighted by Gasteiger charge is -2.24. The Hall–Kier alpha value is -1.04. The van der Waals surface area contributed by atoms with Gasteiger partial charge in [-0.05, 0) is 11.8 Å². The van der Waals surface area contributed by atoms with E-state index in [0.29, 0.717) is 13.0 Å². The predicted molar refractivity (Wildman–Crippen MR) is 56.6 cm³/mol. The first-order valence-corrected chi connectivity index (χ1v) is 5.05. The van der Waals surface area contributed by atoms with Crippen molar-refractivity contribution in [1.82, 2.24) is 4.90 Å². The van der Waals surface area contributed by atoms with Crippen molar-refractivity contribution in [2.45, 2.75) is 40.5 Å². The second kappa shape index (κ2) is 5.64. The lowest BCUT2D eigenvalue weighted by atomic mass is 9.91. The lowest BCUT2D eigenvalue weighted by molar-refractivity contribution is -0.132. The molecule has 1 amide bonds. The van der Waals surface area contributed by atoms with Crippen LogP contribution in [0.4, 0.5) is 0 Å². The summed E-state index contributed by atoms with van der Waals surface area (Å²) in [5.41, 5.74) is -0.00146. The summed E-state index contributed by atoms with van der Waals surface area (Å²) in [6.07, 6.45) is 1.41. The molecule has 14 heavy (non-hydrogen) atoms. The van der Waals surface area contributed by atoms with Gasteiger partial charge in [0.25, 0.3) is 0 Å². The molecule has 0 saturated heterocycles. The van der Waals surface area contributed by atoms with E-state index in [1.165, 1.54) is 0 Å². The van der Waals surface area contributed by atoms with Gasteiger partial charge in [-0.2, -0.15) is 5.26 Å². The van der Waals surface area contributed by atoms with Gasteiger partial charge in [0, 0.05) is 13.0 Å². The van der Waals surface area contributed by atoms with Gasteiger partial charge in [0.2, 0.25) is 5.91 Å². The molecule has 0 aromatic rings. The van der Waals surface area contributed by atoms with Gasteiger partial charge in [0.15, 0.2) is 0 Å². The van der Waals surface area contributed by atoms with Crippen molar-refractivity contribution >= 4 is 5.91 Å². The first-order valence-electron chi connectivity index (χ1n) is 5.05. The number of carbonyl (C=O) groups is 1. The van der Waals surface area contributed by atoms with Crippen molar-refractivity contribution in [2.24, 2.45) is 5.41 Å². The molecule has 0 saturated carbocycles. The summed E-state index contributed by atoms with van der Waals surface area (Å²) in [6, 6.07) is 2.02. The van der Waals surface area contributed by atoms with Crippen LogP contribution in [0.1, 0.15) is 40.5 Å². The van der Waals surface area contributed by atoms with E-state index < -0.39 is 0 Å². The fraction of sp³-hybridized carbons (Fsp3) is 0.818. The number of nitriles is 1. The zero-order valence-corrected chi connectivity index (χ0v) is 9.63. The summed E-state index contributed by atoms with van der Waals surface area (Å²) >= 11 is 0. The lowest BCUT2D eigenvalue weighted by Crippen LogP contribution is -2.34. The van der Waals surface area contributed by atoms with Crippen molar-refractivity contribution in [3.63, 3.8) is 0 Å². The highest BCUT2D eigenvalue weighted by molar-refractivity contribution is 5.77. The second-order valence-corrected chi connectivity index (χ2v) is 4.71. The Bertz CT molecular complexity index is 222. The second-order valence-electron chi connectivity index (χ2n) is 4.71. The molecule has 0 bridgehead atoms. The van der Waals surface area contributed by atoms with Crippen molar-refractivity contribution in [1.29, 1.82) is 5.26 Å². The van der Waals surface area contributed by atoms with Gasteiger partial charge < -0.3 is 4.90 Å². The van der Waals surface area contributed by atoms with Crippen LogP contribution in [-0.2, 0) is 4.79 Å². The largest absolute Gasteiger partial charge is 0.329 e. The normalized spacial score (nSPS) is 10.8. The minimum absolute atomic E-state index is 0.00146. The van der Waals surface area contributed by atoms with Crippen LogP contribution >= 0.6 is 0 Å². The maximum atomic E-state index is 11.7. The van der Waals surface area contributed by atoms with Gasteiger partial charge >= 0.3 is 0 Å². The Morgan fingerprint density at radius 3 is 2.36 bits per heavy atom. The van der Waals surface area contributed by atoms with Gasteiger partial charge in [-0.3, -0.25) is 4.79 Å². The predicted octanol–water partition coefficient (Wildman–Crippen LogP) is 2.18. The number of amides is 1. The fourth-order valence-corrected chi connectivity index (χ4v) is 1.21. The standard InChI is InChI=1S/C11H20N2O/c1-5-7-13(8-6-12)10(14)9-11(2,3)4/h5,7-9H2,1-4H3. The van der Waals surface area contributed by atoms with Gasteiger partial charge in [0.05, 0.1) is 6.07 Å². The summed E-state index contributed by atoms with van der Waals surface area (Å²) in [7, 11) is 0. The van der Waals surface area contributed by atoms with Crippen LogP contribution < -0.4 is 0 Å². The van der Waals surface area contributed by atoms with Gasteiger partial charge in [-0.25, -0.2) is 0 Å². The molecule has 0 fully saturated rings. The SMILES string of the molecule is CCCN(CC#N)C(=O)CC(C)(C)C. The zero-order valence-electron chi connectivity index (χ0n) is 9.63. The average Bonchev–Trinajstić information content (AvgIpc) is 2.01. The van der Waals surface area contributed by atoms with Gasteiger partial charge in [0.1, 0.15) is 6.54 Å². The smallest absolute Gasteiger partial charge is 0.223 e. The van der Waals surface area contributed by atoms with E-state index >= 15 is 0 Å². The van der Waals surface area contributed by atoms with Gasteiger partial charge in [-0.1, -0.05) is 27.7 Å². The summed E-state index contributed by atoms with van der Waals surface area (Å²) in [5.74, 6) is 0.0842. The third kappa shape index (κ3) is 5.58. The van der Waals surface area contributed by atoms with Crippen LogP contribution in [-0.4, -0.2) is 23.9 Å². The fourth-order valence-electron chi connectivity index (χ4n) is 1.21. The molecule has 0 aliphatic heterocycles. The summed E-state index contributed by atoms with van der Waals surface area (Å²) < 4.78 is 0. The quantitative estimate of drug-likeness (QED) is 0.647. The van der Waals surface area contributed by atoms with Crippen LogP contribution in [0.15, 0.2) is 0 Å². The molecule has 0 atom stereocenters. The van der Waals surface area contributed by atoms with E-state index in [4.69, 9.17) is 5.26 Å². The van der Waals surface area contributed by atoms with Crippen LogP contribution in [0.25, 0.3) is 0 Å². The zero-order chi connectivity index (χ0) is 11.2. The molecule has 80 valence electrons. The molecular formula is C11H20N2O. The first-order chi connectivity index (χ1) is 6.40. The van der Waals surface area contributed by atoms with Crippen molar-refractivity contribution < 1.29 is 4.79 Å². The molecule has 0 radical (unpaired) electrons. The van der Waals surface area contributed by atoms with Crippen molar-refractivity contribution in [2.75, 3.05) is 13.1 Å². The number of carbonyl (C=O) groups excluding carboxylic acids is 1. The molecule has 0 aromatic carbocycles. The summed E-state index contributed by atoms with van der Waals surface area (Å²) in [6.45, 7) is 8.99. The van der Waals surface area contributed by atoms with Crippen LogP contribution in [0, 0.1) is 16.7 Å². The monoisotopic (exact) mass is 196 g/mol. The molecule has 0 aromatic heterocycles. The Morgan fingerprint density at radius 2 is 2.00 bits per heavy atom. The molecule has 0 aliphatic rings. The van der Waals surface area contributed by atoms with Crippen LogP contribution in [0.2, 0.25) is 0 Å². The molecular weight excluding hydrogens is 176 g/mol. The highest BCUT2D eigenvalue weighted by Crippen LogP contribution is 2.19. The minimum atomic E-state index is -0.00146. The Balaban J connectivity index is 4.23. The van der Waals surface area contributed by atoms with E-state index in [9.17, 15) is 4.79 Å². The number of hydrogen-bond acceptors (Lipinski definition) is 2. The summed E-state index contributed by atoms with van der Waals surface area (Å²) in [5, 5.41) is 8.57. The van der Waals surface area contributed by atoms with E-state index in [-0.39, 0.29) is 17.9 Å². The topological polar surface area (TPSA) is 44.1 Å². The molecule has 0 spiro atoms. The molecule has 0 heterocycles. The van der Waals surface area contributed by atoms with E-state index in [2.05, 4.69) is 0 Å². The summed E-state index contributed by atoms with van der Waals surface area (Å²) in [4.78, 5) is 13.3. The molecule has 3 heteroatoms. The van der Waals surface area contributed by atoms with E-state index in [1.807, 2.05) is 33.8 Å². The molecule has 0 aliphatic carbocycles. The number of rotatable bonds is 4. The Labute approximate surface area is 86.7 Å². The molecule has 0 unspecified atom stereocenters. The molecule has 0 rings (SSSR count). The highest BCUT2D eigenvalue weighted by atomic mass is 16.2. The third-order valence-electron chi connectivity index (χ3n) is 1.79. The Kier molecular flexibility index (Phi) is 5.22. The van der Waals surface area contributed by atoms with Gasteiger partial charge in [-0.15, -0.1) is 0 Å². The highest BCUT2D eigenvalue weighted by Gasteiger charge is 2.20. The van der Waals surface area contributed by atoms with Crippen LogP contribution in [0.5, 0.6) is 0 Å². The van der Waals surface area contributed by atoms with Crippen LogP contribution in [0.3, 0.4) is 0 Å². The maximum absolute atomic E-state index is 11.7. The van der Waals surface area contributed by atoms with Crippen molar-refractivity contribution in [3.05, 3.63) is 0 Å².